The van der Waals surface area contributed by atoms with Gasteiger partial charge in [-0.05, 0) is 54.1 Å². The van der Waals surface area contributed by atoms with Crippen molar-refractivity contribution in [1.29, 1.82) is 0 Å². The Balaban J connectivity index is 1.76. The third-order valence-corrected chi connectivity index (χ3v) is 7.33. The molecule has 2 aromatic heterocycles. The van der Waals surface area contributed by atoms with E-state index in [1.165, 1.54) is 59.4 Å². The molecule has 22 heavy (non-hydrogen) atoms. The van der Waals surface area contributed by atoms with Gasteiger partial charge in [0.25, 0.3) is 0 Å². The first-order valence-electron chi connectivity index (χ1n) is 8.40. The first kappa shape index (κ1) is 14.7. The van der Waals surface area contributed by atoms with Crippen LogP contribution in [-0.2, 0) is 0 Å². The quantitative estimate of drug-likeness (QED) is 0.646. The third kappa shape index (κ3) is 2.60. The number of thiophene rings is 2. The fourth-order valence-corrected chi connectivity index (χ4v) is 6.11. The summed E-state index contributed by atoms with van der Waals surface area (Å²) in [6.07, 6.45) is 6.97. The molecule has 3 heteroatoms. The molecule has 0 N–H and O–H groups in total. The molecule has 4 heterocycles. The van der Waals surface area contributed by atoms with Crippen LogP contribution in [-0.4, -0.2) is 30.7 Å². The van der Waals surface area contributed by atoms with Crippen molar-refractivity contribution in [3.05, 3.63) is 50.4 Å². The van der Waals surface area contributed by atoms with Crippen LogP contribution in [0.5, 0.6) is 0 Å². The Morgan fingerprint density at radius 3 is 2.41 bits per heavy atom. The molecule has 2 aliphatic rings. The van der Waals surface area contributed by atoms with Crippen LogP contribution in [0.25, 0.3) is 5.57 Å². The van der Waals surface area contributed by atoms with Gasteiger partial charge in [-0.3, -0.25) is 0 Å². The second kappa shape index (κ2) is 5.95. The fourth-order valence-electron chi connectivity index (χ4n) is 4.38. The minimum absolute atomic E-state index is 0.908. The molecular formula is C19H24NS2+. The van der Waals surface area contributed by atoms with Gasteiger partial charge in [0.2, 0.25) is 0 Å². The van der Waals surface area contributed by atoms with Crippen LogP contribution >= 0.6 is 22.7 Å². The number of rotatable bonds is 2. The average Bonchev–Trinajstić information content (AvgIpc) is 3.20. The van der Waals surface area contributed by atoms with Gasteiger partial charge in [-0.2, -0.15) is 0 Å². The lowest BCUT2D eigenvalue weighted by Gasteiger charge is -2.48. The first-order chi connectivity index (χ1) is 10.8. The normalized spacial score (nSPS) is 28.4. The van der Waals surface area contributed by atoms with Gasteiger partial charge in [0, 0.05) is 21.7 Å². The van der Waals surface area contributed by atoms with E-state index in [-0.39, 0.29) is 0 Å². The monoisotopic (exact) mass is 330 g/mol. The van der Waals surface area contributed by atoms with Crippen molar-refractivity contribution < 1.29 is 4.48 Å². The molecule has 2 atom stereocenters. The molecule has 2 fully saturated rings. The molecule has 2 saturated heterocycles. The summed E-state index contributed by atoms with van der Waals surface area (Å²) in [5.41, 5.74) is 3.25. The molecule has 0 bridgehead atoms. The summed E-state index contributed by atoms with van der Waals surface area (Å²) in [6, 6.07) is 9.89. The molecule has 1 unspecified atom stereocenters. The van der Waals surface area contributed by atoms with Crippen LogP contribution in [0.3, 0.4) is 0 Å². The maximum Gasteiger partial charge on any atom is 0.101 e. The SMILES string of the molecule is C[N@+]12CCCCC1CCC(=C(c1cccs1)c1cccs1)C2. The van der Waals surface area contributed by atoms with Crippen molar-refractivity contribution in [2.75, 3.05) is 20.1 Å². The third-order valence-electron chi connectivity index (χ3n) is 5.56. The average molecular weight is 331 g/mol. The Morgan fingerprint density at radius 1 is 1.05 bits per heavy atom. The van der Waals surface area contributed by atoms with Gasteiger partial charge in [0.1, 0.15) is 6.54 Å². The number of piperidine rings is 2. The minimum atomic E-state index is 0.908. The van der Waals surface area contributed by atoms with E-state index in [4.69, 9.17) is 0 Å². The standard InChI is InChI=1S/C19H24NS2/c1-20-11-3-2-6-16(20)10-9-15(14-20)19(17-7-4-12-21-17)18-8-5-13-22-18/h4-5,7-8,12-13,16H,2-3,6,9-11,14H2,1H3/q+1/t16?,20-/m1/s1. The molecule has 2 aromatic rings. The maximum absolute atomic E-state index is 2.50. The highest BCUT2D eigenvalue weighted by Gasteiger charge is 2.40. The van der Waals surface area contributed by atoms with Gasteiger partial charge in [-0.1, -0.05) is 12.1 Å². The molecule has 4 rings (SSSR count). The van der Waals surface area contributed by atoms with Gasteiger partial charge >= 0.3 is 0 Å². The first-order valence-corrected chi connectivity index (χ1v) is 10.2. The van der Waals surface area contributed by atoms with E-state index < -0.39 is 0 Å². The number of fused-ring (bicyclic) bond motifs is 1. The van der Waals surface area contributed by atoms with Crippen LogP contribution in [0.1, 0.15) is 41.9 Å². The number of likely N-dealkylation sites (N-methyl/N-ethyl adjacent to an activating group) is 1. The topological polar surface area (TPSA) is 0 Å². The molecule has 2 aliphatic heterocycles. The highest BCUT2D eigenvalue weighted by Crippen LogP contribution is 2.41. The zero-order valence-corrected chi connectivity index (χ0v) is 14.9. The van der Waals surface area contributed by atoms with E-state index in [1.807, 2.05) is 22.7 Å². The van der Waals surface area contributed by atoms with E-state index in [9.17, 15) is 0 Å². The van der Waals surface area contributed by atoms with E-state index in [0.717, 1.165) is 6.04 Å². The smallest absolute Gasteiger partial charge is 0.101 e. The number of hydrogen-bond donors (Lipinski definition) is 0. The number of hydrogen-bond acceptors (Lipinski definition) is 2. The number of nitrogens with zero attached hydrogens (tertiary/aromatic N) is 1. The zero-order chi connectivity index (χ0) is 15.0. The molecule has 116 valence electrons. The Kier molecular flexibility index (Phi) is 3.97. The van der Waals surface area contributed by atoms with E-state index >= 15 is 0 Å². The maximum atomic E-state index is 2.50. The predicted molar refractivity (Wildman–Crippen MR) is 97.5 cm³/mol. The predicted octanol–water partition coefficient (Wildman–Crippen LogP) is 5.40. The summed E-state index contributed by atoms with van der Waals surface area (Å²) in [4.78, 5) is 2.92. The van der Waals surface area contributed by atoms with Crippen LogP contribution in [0.2, 0.25) is 0 Å². The van der Waals surface area contributed by atoms with Gasteiger partial charge < -0.3 is 4.48 Å². The van der Waals surface area contributed by atoms with Crippen molar-refractivity contribution >= 4 is 28.2 Å². The van der Waals surface area contributed by atoms with Crippen molar-refractivity contribution in [3.63, 3.8) is 0 Å². The summed E-state index contributed by atoms with van der Waals surface area (Å²) < 4.78 is 1.29. The summed E-state index contributed by atoms with van der Waals surface area (Å²) >= 11 is 3.79. The molecule has 1 nitrogen and oxygen atoms in total. The highest BCUT2D eigenvalue weighted by atomic mass is 32.1. The summed E-state index contributed by atoms with van der Waals surface area (Å²) in [7, 11) is 2.50. The van der Waals surface area contributed by atoms with Crippen molar-refractivity contribution in [1.82, 2.24) is 0 Å². The Morgan fingerprint density at radius 2 is 1.77 bits per heavy atom. The highest BCUT2D eigenvalue weighted by molar-refractivity contribution is 7.13. The molecule has 0 amide bonds. The second-order valence-electron chi connectivity index (χ2n) is 6.98. The summed E-state index contributed by atoms with van der Waals surface area (Å²) in [5.74, 6) is 0. The summed E-state index contributed by atoms with van der Waals surface area (Å²) in [6.45, 7) is 2.63. The molecule has 0 radical (unpaired) electrons. The van der Waals surface area contributed by atoms with Crippen molar-refractivity contribution in [3.8, 4) is 0 Å². The van der Waals surface area contributed by atoms with Gasteiger partial charge in [0.05, 0.1) is 19.6 Å². The molecular weight excluding hydrogens is 306 g/mol. The van der Waals surface area contributed by atoms with E-state index in [1.54, 1.807) is 11.1 Å². The van der Waals surface area contributed by atoms with E-state index in [0.29, 0.717) is 0 Å². The van der Waals surface area contributed by atoms with Crippen LogP contribution < -0.4 is 0 Å². The lowest BCUT2D eigenvalue weighted by Crippen LogP contribution is -2.58. The lowest BCUT2D eigenvalue weighted by atomic mass is 9.85. The van der Waals surface area contributed by atoms with Gasteiger partial charge in [-0.15, -0.1) is 22.7 Å². The van der Waals surface area contributed by atoms with Crippen molar-refractivity contribution in [2.24, 2.45) is 0 Å². The molecule has 0 spiro atoms. The van der Waals surface area contributed by atoms with Crippen LogP contribution in [0.4, 0.5) is 0 Å². The minimum Gasteiger partial charge on any atom is -0.320 e. The largest absolute Gasteiger partial charge is 0.320 e. The fraction of sp³-hybridized carbons (Fsp3) is 0.474. The molecule has 0 saturated carbocycles. The summed E-state index contributed by atoms with van der Waals surface area (Å²) in [5, 5.41) is 4.43. The van der Waals surface area contributed by atoms with Crippen LogP contribution in [0.15, 0.2) is 40.6 Å². The van der Waals surface area contributed by atoms with Crippen LogP contribution in [0, 0.1) is 0 Å². The Bertz CT molecular complexity index is 617. The Hall–Kier alpha value is -0.900. The number of quaternary nitrogens is 1. The Labute approximate surface area is 141 Å². The van der Waals surface area contributed by atoms with Crippen molar-refractivity contribution in [2.45, 2.75) is 38.1 Å². The van der Waals surface area contributed by atoms with Gasteiger partial charge in [-0.25, -0.2) is 0 Å². The second-order valence-corrected chi connectivity index (χ2v) is 8.88. The molecule has 0 aromatic carbocycles. The van der Waals surface area contributed by atoms with E-state index in [2.05, 4.69) is 42.1 Å². The molecule has 0 aliphatic carbocycles. The lowest BCUT2D eigenvalue weighted by molar-refractivity contribution is -0.937. The zero-order valence-electron chi connectivity index (χ0n) is 13.3. The van der Waals surface area contributed by atoms with Gasteiger partial charge in [0.15, 0.2) is 0 Å².